The number of unbranched alkanes of at least 4 members (excludes halogenated alkanes) is 11. The molecule has 0 bridgehead atoms. The number of hydrogen-bond donors (Lipinski definition) is 0. The summed E-state index contributed by atoms with van der Waals surface area (Å²) < 4.78 is 5.07. The number of carbonyl (C=O) groups is 2. The number of hydrogen-bond acceptors (Lipinski definition) is 3. The van der Waals surface area contributed by atoms with Gasteiger partial charge in [0.25, 0.3) is 0 Å². The van der Waals surface area contributed by atoms with Crippen molar-refractivity contribution >= 4 is 11.8 Å². The molecule has 162 valence electrons. The number of ether oxygens (including phenoxy) is 1. The third-order valence-corrected chi connectivity index (χ3v) is 5.10. The van der Waals surface area contributed by atoms with Gasteiger partial charge in [0.05, 0.1) is 0 Å². The molecule has 0 N–H and O–H groups in total. The second-order valence-electron chi connectivity index (χ2n) is 7.78. The van der Waals surface area contributed by atoms with Crippen LogP contribution in [0.5, 0.6) is 0 Å². The van der Waals surface area contributed by atoms with E-state index in [0.717, 1.165) is 19.3 Å². The fraction of sp³-hybridized carbons (Fsp3) is 0.615. The van der Waals surface area contributed by atoms with E-state index in [1.165, 1.54) is 64.2 Å². The number of esters is 1. The summed E-state index contributed by atoms with van der Waals surface area (Å²) in [5.41, 5.74) is 0.581. The highest BCUT2D eigenvalue weighted by Gasteiger charge is 2.09. The van der Waals surface area contributed by atoms with E-state index in [1.807, 2.05) is 6.07 Å². The van der Waals surface area contributed by atoms with E-state index < -0.39 is 0 Å². The van der Waals surface area contributed by atoms with Gasteiger partial charge in [0.1, 0.15) is 0 Å². The van der Waals surface area contributed by atoms with Crippen molar-refractivity contribution in [3.05, 3.63) is 48.0 Å². The second-order valence-corrected chi connectivity index (χ2v) is 7.78. The first-order valence-corrected chi connectivity index (χ1v) is 11.6. The van der Waals surface area contributed by atoms with Crippen molar-refractivity contribution in [1.82, 2.24) is 0 Å². The van der Waals surface area contributed by atoms with Gasteiger partial charge in [-0.1, -0.05) is 101 Å². The molecule has 1 rings (SSSR count). The van der Waals surface area contributed by atoms with Gasteiger partial charge in [0.2, 0.25) is 0 Å². The summed E-state index contributed by atoms with van der Waals surface area (Å²) in [7, 11) is 0. The van der Waals surface area contributed by atoms with Crippen molar-refractivity contribution in [1.29, 1.82) is 0 Å². The number of Topliss-reactive ketones (excluding diaryl/α,β-unsaturated/α-hetero) is 1. The normalized spacial score (nSPS) is 11.1. The van der Waals surface area contributed by atoms with Crippen LogP contribution in [-0.4, -0.2) is 18.4 Å². The minimum absolute atomic E-state index is 0.154. The number of allylic oxidation sites excluding steroid dienone is 2. The van der Waals surface area contributed by atoms with Gasteiger partial charge in [0, 0.05) is 12.0 Å². The third-order valence-electron chi connectivity index (χ3n) is 5.10. The molecule has 0 saturated carbocycles. The Labute approximate surface area is 177 Å². The summed E-state index contributed by atoms with van der Waals surface area (Å²) >= 11 is 0. The molecule has 0 spiro atoms. The Balaban J connectivity index is 1.88. The minimum atomic E-state index is -0.284. The lowest BCUT2D eigenvalue weighted by Crippen LogP contribution is -2.13. The molecule has 0 fully saturated rings. The summed E-state index contributed by atoms with van der Waals surface area (Å²) in [6.45, 7) is 2.10. The van der Waals surface area contributed by atoms with Crippen LogP contribution in [0.25, 0.3) is 0 Å². The first-order chi connectivity index (χ1) is 14.2. The van der Waals surface area contributed by atoms with Crippen molar-refractivity contribution in [3.8, 4) is 0 Å². The van der Waals surface area contributed by atoms with Gasteiger partial charge in [0.15, 0.2) is 12.4 Å². The Hall–Kier alpha value is -1.90. The van der Waals surface area contributed by atoms with E-state index in [4.69, 9.17) is 4.74 Å². The first-order valence-electron chi connectivity index (χ1n) is 11.6. The molecule has 3 nitrogen and oxygen atoms in total. The molecule has 0 aliphatic rings. The van der Waals surface area contributed by atoms with Gasteiger partial charge < -0.3 is 4.74 Å². The maximum Gasteiger partial charge on any atom is 0.306 e. The quantitative estimate of drug-likeness (QED) is 0.111. The average Bonchev–Trinajstić information content (AvgIpc) is 2.75. The van der Waals surface area contributed by atoms with Crippen LogP contribution in [0, 0.1) is 0 Å². The van der Waals surface area contributed by atoms with Crippen LogP contribution in [0.2, 0.25) is 0 Å². The Kier molecular flexibility index (Phi) is 15.7. The molecule has 0 aliphatic heterocycles. The number of rotatable bonds is 18. The van der Waals surface area contributed by atoms with Gasteiger partial charge in [-0.15, -0.1) is 0 Å². The largest absolute Gasteiger partial charge is 0.457 e. The molecule has 0 aliphatic carbocycles. The molecule has 3 heteroatoms. The molecule has 0 unspecified atom stereocenters. The third kappa shape index (κ3) is 14.7. The number of benzene rings is 1. The van der Waals surface area contributed by atoms with Crippen molar-refractivity contribution in [2.75, 3.05) is 6.61 Å². The fourth-order valence-corrected chi connectivity index (χ4v) is 3.27. The van der Waals surface area contributed by atoms with E-state index in [0.29, 0.717) is 12.0 Å². The number of ketones is 1. The Morgan fingerprint density at radius 1 is 0.759 bits per heavy atom. The second kappa shape index (κ2) is 18.1. The lowest BCUT2D eigenvalue weighted by atomic mass is 10.1. The van der Waals surface area contributed by atoms with Crippen LogP contribution >= 0.6 is 0 Å². The van der Waals surface area contributed by atoms with Gasteiger partial charge in [-0.3, -0.25) is 9.59 Å². The van der Waals surface area contributed by atoms with Crippen LogP contribution in [0.3, 0.4) is 0 Å². The van der Waals surface area contributed by atoms with Gasteiger partial charge in [-0.25, -0.2) is 0 Å². The Morgan fingerprint density at radius 3 is 1.93 bits per heavy atom. The van der Waals surface area contributed by atoms with Crippen LogP contribution in [0.15, 0.2) is 42.5 Å². The van der Waals surface area contributed by atoms with Crippen molar-refractivity contribution in [2.24, 2.45) is 0 Å². The van der Waals surface area contributed by atoms with E-state index in [1.54, 1.807) is 24.3 Å². The molecule has 29 heavy (non-hydrogen) atoms. The van der Waals surface area contributed by atoms with Crippen molar-refractivity contribution in [2.45, 2.75) is 96.8 Å². The zero-order valence-corrected chi connectivity index (χ0v) is 18.4. The fourth-order valence-electron chi connectivity index (χ4n) is 3.27. The van der Waals surface area contributed by atoms with E-state index >= 15 is 0 Å². The molecular formula is C26H40O3. The molecule has 1 aromatic carbocycles. The molecule has 0 amide bonds. The maximum atomic E-state index is 11.9. The Bertz CT molecular complexity index is 563. The zero-order chi connectivity index (χ0) is 21.0. The summed E-state index contributed by atoms with van der Waals surface area (Å²) in [4.78, 5) is 23.6. The SMILES string of the molecule is CCCCCCCCCCCC=CCCCCC(=O)OCC(=O)c1ccccc1. The highest BCUT2D eigenvalue weighted by atomic mass is 16.5. The molecule has 0 aromatic heterocycles. The minimum Gasteiger partial charge on any atom is -0.457 e. The van der Waals surface area contributed by atoms with E-state index in [-0.39, 0.29) is 18.4 Å². The molecule has 1 aromatic rings. The smallest absolute Gasteiger partial charge is 0.306 e. The zero-order valence-electron chi connectivity index (χ0n) is 18.4. The van der Waals surface area contributed by atoms with Crippen LogP contribution in [-0.2, 0) is 9.53 Å². The standard InChI is InChI=1S/C26H40O3/c1-2-3-4-5-6-7-8-9-10-11-12-13-14-15-19-22-26(28)29-23-25(27)24-20-17-16-18-21-24/h12-13,16-18,20-21H,2-11,14-15,19,22-23H2,1H3. The van der Waals surface area contributed by atoms with Crippen molar-refractivity contribution in [3.63, 3.8) is 0 Å². The summed E-state index contributed by atoms with van der Waals surface area (Å²) in [5.74, 6) is -0.439. The Morgan fingerprint density at radius 2 is 1.31 bits per heavy atom. The van der Waals surface area contributed by atoms with Crippen molar-refractivity contribution < 1.29 is 14.3 Å². The lowest BCUT2D eigenvalue weighted by Gasteiger charge is -2.04. The van der Waals surface area contributed by atoms with Crippen LogP contribution < -0.4 is 0 Å². The molecule has 0 atom stereocenters. The average molecular weight is 401 g/mol. The summed E-state index contributed by atoms with van der Waals surface area (Å²) in [6, 6.07) is 8.93. The summed E-state index contributed by atoms with van der Waals surface area (Å²) in [6.07, 6.45) is 21.2. The molecular weight excluding hydrogens is 360 g/mol. The predicted molar refractivity (Wildman–Crippen MR) is 121 cm³/mol. The molecule has 0 heterocycles. The van der Waals surface area contributed by atoms with Gasteiger partial charge in [-0.05, 0) is 32.1 Å². The van der Waals surface area contributed by atoms with Crippen LogP contribution in [0.4, 0.5) is 0 Å². The molecule has 0 radical (unpaired) electrons. The highest BCUT2D eigenvalue weighted by molar-refractivity contribution is 5.97. The highest BCUT2D eigenvalue weighted by Crippen LogP contribution is 2.11. The lowest BCUT2D eigenvalue weighted by molar-refractivity contribution is -0.142. The topological polar surface area (TPSA) is 43.4 Å². The monoisotopic (exact) mass is 400 g/mol. The van der Waals surface area contributed by atoms with Crippen LogP contribution in [0.1, 0.15) is 107 Å². The van der Waals surface area contributed by atoms with E-state index in [2.05, 4.69) is 19.1 Å². The number of carbonyl (C=O) groups excluding carboxylic acids is 2. The predicted octanol–water partition coefficient (Wildman–Crippen LogP) is 7.45. The summed E-state index contributed by atoms with van der Waals surface area (Å²) in [5, 5.41) is 0. The van der Waals surface area contributed by atoms with E-state index in [9.17, 15) is 9.59 Å². The maximum absolute atomic E-state index is 11.9. The molecule has 0 saturated heterocycles. The van der Waals surface area contributed by atoms with Gasteiger partial charge >= 0.3 is 5.97 Å². The first kappa shape index (κ1) is 25.1. The van der Waals surface area contributed by atoms with Gasteiger partial charge in [-0.2, -0.15) is 0 Å².